The quantitative estimate of drug-likeness (QED) is 0.241. The Hall–Kier alpha value is -4.04. The molecule has 0 saturated carbocycles. The molecule has 0 bridgehead atoms. The Balaban J connectivity index is 1.57. The van der Waals surface area contributed by atoms with Crippen LogP contribution < -0.4 is 10.7 Å². The van der Waals surface area contributed by atoms with Crippen molar-refractivity contribution < 1.29 is 13.9 Å². The fourth-order valence-corrected chi connectivity index (χ4v) is 5.16. The number of nitrogens with one attached hydrogen (secondary N) is 1. The van der Waals surface area contributed by atoms with Crippen molar-refractivity contribution in [3.63, 3.8) is 0 Å². The summed E-state index contributed by atoms with van der Waals surface area (Å²) in [5, 5.41) is 4.85. The summed E-state index contributed by atoms with van der Waals surface area (Å²) in [6, 6.07) is 16.0. The zero-order chi connectivity index (χ0) is 27.2. The molecule has 1 unspecified atom stereocenters. The summed E-state index contributed by atoms with van der Waals surface area (Å²) < 4.78 is 12.0. The lowest BCUT2D eigenvalue weighted by Gasteiger charge is -2.22. The van der Waals surface area contributed by atoms with Crippen molar-refractivity contribution in [3.8, 4) is 11.5 Å². The Morgan fingerprint density at radius 3 is 2.58 bits per heavy atom. The first-order chi connectivity index (χ1) is 18.0. The van der Waals surface area contributed by atoms with Crippen LogP contribution in [0.3, 0.4) is 0 Å². The van der Waals surface area contributed by atoms with Crippen LogP contribution in [0.15, 0.2) is 63.8 Å². The topological polar surface area (TPSA) is 94.3 Å². The van der Waals surface area contributed by atoms with Crippen molar-refractivity contribution in [3.05, 3.63) is 86.5 Å². The molecule has 3 heterocycles. The average Bonchev–Trinajstić information content (AvgIpc) is 3.22. The summed E-state index contributed by atoms with van der Waals surface area (Å²) in [4.78, 5) is 36.0. The lowest BCUT2D eigenvalue weighted by atomic mass is 10.0. The highest BCUT2D eigenvalue weighted by Gasteiger charge is 2.22. The number of pyridine rings is 1. The molecular formula is C30H29N3O4S. The molecule has 1 N–H and O–H groups in total. The van der Waals surface area contributed by atoms with E-state index in [0.29, 0.717) is 33.7 Å². The number of ether oxygens (including phenoxy) is 1. The fourth-order valence-electron chi connectivity index (χ4n) is 4.38. The number of carbonyl (C=O) groups is 1. The second kappa shape index (κ2) is 9.68. The summed E-state index contributed by atoms with van der Waals surface area (Å²) >= 11 is 1.50. The molecule has 0 aliphatic carbocycles. The predicted octanol–water partition coefficient (Wildman–Crippen LogP) is 7.21. The Kier molecular flexibility index (Phi) is 6.53. The molecule has 0 amide bonds. The SMILES string of the molecule is Cc1cc(C(C)Nc2ccccc2C(=O)OC(C)(C)C)c2oc(-c3ccc4nc(C)sc4n3)cc(=O)c2c1. The van der Waals surface area contributed by atoms with Crippen LogP contribution in [0.5, 0.6) is 0 Å². The largest absolute Gasteiger partial charge is 0.456 e. The number of anilines is 1. The molecule has 0 fully saturated rings. The highest BCUT2D eigenvalue weighted by Crippen LogP contribution is 2.32. The monoisotopic (exact) mass is 527 g/mol. The van der Waals surface area contributed by atoms with E-state index in [9.17, 15) is 9.59 Å². The van der Waals surface area contributed by atoms with Crippen LogP contribution in [0.2, 0.25) is 0 Å². The van der Waals surface area contributed by atoms with Crippen LogP contribution in [-0.4, -0.2) is 21.5 Å². The van der Waals surface area contributed by atoms with Crippen molar-refractivity contribution in [2.24, 2.45) is 0 Å². The summed E-state index contributed by atoms with van der Waals surface area (Å²) in [5.41, 5.74) is 3.91. The Bertz CT molecular complexity index is 1750. The van der Waals surface area contributed by atoms with E-state index in [-0.39, 0.29) is 11.5 Å². The zero-order valence-electron chi connectivity index (χ0n) is 22.2. The van der Waals surface area contributed by atoms with Crippen molar-refractivity contribution >= 4 is 44.3 Å². The van der Waals surface area contributed by atoms with E-state index in [1.54, 1.807) is 12.1 Å². The van der Waals surface area contributed by atoms with Crippen LogP contribution in [-0.2, 0) is 4.74 Å². The van der Waals surface area contributed by atoms with Gasteiger partial charge in [0, 0.05) is 17.3 Å². The standard InChI is InChI=1S/C30H29N3O4S/c1-16-13-20(17(2)31-22-10-8-7-9-19(22)29(35)37-30(4,5)6)27-21(14-16)25(34)15-26(36-27)23-11-12-24-28(33-23)38-18(3)32-24/h7-15,17,31H,1-6H3. The third kappa shape index (κ3) is 5.17. The molecule has 0 aliphatic heterocycles. The highest BCUT2D eigenvalue weighted by atomic mass is 32.1. The van der Waals surface area contributed by atoms with E-state index in [2.05, 4.69) is 10.3 Å². The molecule has 0 radical (unpaired) electrons. The Morgan fingerprint density at radius 2 is 1.82 bits per heavy atom. The van der Waals surface area contributed by atoms with Crippen LogP contribution in [0.1, 0.15) is 60.2 Å². The lowest BCUT2D eigenvalue weighted by molar-refractivity contribution is 0.00706. The second-order valence-corrected chi connectivity index (χ2v) is 11.6. The van der Waals surface area contributed by atoms with Gasteiger partial charge in [0.25, 0.3) is 0 Å². The van der Waals surface area contributed by atoms with Crippen molar-refractivity contribution in [1.29, 1.82) is 0 Å². The molecule has 194 valence electrons. The molecular weight excluding hydrogens is 498 g/mol. The number of fused-ring (bicyclic) bond motifs is 2. The van der Waals surface area contributed by atoms with E-state index in [1.807, 2.05) is 77.9 Å². The number of hydrogen-bond acceptors (Lipinski definition) is 8. The molecule has 2 aromatic carbocycles. The average molecular weight is 528 g/mol. The number of para-hydroxylation sites is 1. The van der Waals surface area contributed by atoms with Crippen LogP contribution >= 0.6 is 11.3 Å². The van der Waals surface area contributed by atoms with Crippen molar-refractivity contribution in [2.75, 3.05) is 5.32 Å². The summed E-state index contributed by atoms with van der Waals surface area (Å²) in [6.45, 7) is 11.4. The maximum atomic E-state index is 13.2. The number of aromatic nitrogens is 2. The number of hydrogen-bond donors (Lipinski definition) is 1. The first kappa shape index (κ1) is 25.6. The van der Waals surface area contributed by atoms with E-state index in [4.69, 9.17) is 14.1 Å². The molecule has 5 aromatic rings. The van der Waals surface area contributed by atoms with Gasteiger partial charge in [0.15, 0.2) is 11.2 Å². The third-order valence-electron chi connectivity index (χ3n) is 6.00. The van der Waals surface area contributed by atoms with Gasteiger partial charge in [-0.25, -0.2) is 14.8 Å². The maximum Gasteiger partial charge on any atom is 0.340 e. The lowest BCUT2D eigenvalue weighted by Crippen LogP contribution is -2.24. The first-order valence-corrected chi connectivity index (χ1v) is 13.2. The number of nitrogens with zero attached hydrogens (tertiary/aromatic N) is 2. The van der Waals surface area contributed by atoms with E-state index in [0.717, 1.165) is 26.5 Å². The van der Waals surface area contributed by atoms with Gasteiger partial charge >= 0.3 is 5.97 Å². The summed E-state index contributed by atoms with van der Waals surface area (Å²) in [7, 11) is 0. The minimum Gasteiger partial charge on any atom is -0.456 e. The third-order valence-corrected chi connectivity index (χ3v) is 6.88. The highest BCUT2D eigenvalue weighted by molar-refractivity contribution is 7.18. The van der Waals surface area contributed by atoms with E-state index in [1.165, 1.54) is 17.4 Å². The van der Waals surface area contributed by atoms with Gasteiger partial charge in [-0.3, -0.25) is 4.79 Å². The van der Waals surface area contributed by atoms with Crippen LogP contribution in [0, 0.1) is 13.8 Å². The molecule has 0 saturated heterocycles. The minimum atomic E-state index is -0.614. The number of aryl methyl sites for hydroxylation is 2. The number of carbonyl (C=O) groups excluding carboxylic acids is 1. The van der Waals surface area contributed by atoms with E-state index < -0.39 is 11.6 Å². The summed E-state index contributed by atoms with van der Waals surface area (Å²) in [5.74, 6) is -0.0163. The molecule has 7 nitrogen and oxygen atoms in total. The molecule has 1 atom stereocenters. The van der Waals surface area contributed by atoms with Gasteiger partial charge in [0.2, 0.25) is 0 Å². The number of rotatable bonds is 5. The van der Waals surface area contributed by atoms with Crippen molar-refractivity contribution in [2.45, 2.75) is 53.2 Å². The van der Waals surface area contributed by atoms with Gasteiger partial charge in [-0.1, -0.05) is 29.5 Å². The smallest absolute Gasteiger partial charge is 0.340 e. The predicted molar refractivity (Wildman–Crippen MR) is 152 cm³/mol. The van der Waals surface area contributed by atoms with Gasteiger partial charge in [0.05, 0.1) is 22.0 Å². The fraction of sp³-hybridized carbons (Fsp3) is 0.267. The van der Waals surface area contributed by atoms with Crippen molar-refractivity contribution in [1.82, 2.24) is 9.97 Å². The normalized spacial score (nSPS) is 12.6. The van der Waals surface area contributed by atoms with Crippen LogP contribution in [0.4, 0.5) is 5.69 Å². The molecule has 8 heteroatoms. The van der Waals surface area contributed by atoms with Gasteiger partial charge in [0.1, 0.15) is 27.2 Å². The van der Waals surface area contributed by atoms with E-state index >= 15 is 0 Å². The molecule has 0 aliphatic rings. The number of esters is 1. The minimum absolute atomic E-state index is 0.144. The van der Waals surface area contributed by atoms with Gasteiger partial charge in [-0.2, -0.15) is 0 Å². The molecule has 0 spiro atoms. The Labute approximate surface area is 224 Å². The van der Waals surface area contributed by atoms with Gasteiger partial charge in [-0.05, 0) is 77.4 Å². The summed E-state index contributed by atoms with van der Waals surface area (Å²) in [6.07, 6.45) is 0. The van der Waals surface area contributed by atoms with Gasteiger partial charge < -0.3 is 14.5 Å². The number of thiazole rings is 1. The maximum absolute atomic E-state index is 13.2. The Morgan fingerprint density at radius 1 is 1.05 bits per heavy atom. The molecule has 5 rings (SSSR count). The van der Waals surface area contributed by atoms with Crippen LogP contribution in [0.25, 0.3) is 32.8 Å². The molecule has 38 heavy (non-hydrogen) atoms. The zero-order valence-corrected chi connectivity index (χ0v) is 23.0. The first-order valence-electron chi connectivity index (χ1n) is 12.4. The van der Waals surface area contributed by atoms with Gasteiger partial charge in [-0.15, -0.1) is 0 Å². The number of benzene rings is 2. The molecule has 3 aromatic heterocycles. The second-order valence-electron chi connectivity index (χ2n) is 10.4.